The van der Waals surface area contributed by atoms with E-state index < -0.39 is 0 Å². The zero-order chi connectivity index (χ0) is 14.2. The van der Waals surface area contributed by atoms with E-state index in [1.165, 1.54) is 6.07 Å². The fourth-order valence-electron chi connectivity index (χ4n) is 3.35. The van der Waals surface area contributed by atoms with Crippen LogP contribution in [0.15, 0.2) is 18.2 Å². The molecule has 1 aliphatic heterocycles. The van der Waals surface area contributed by atoms with Gasteiger partial charge in [-0.25, -0.2) is 9.37 Å². The normalized spacial score (nSPS) is 22.8. The maximum absolute atomic E-state index is 13.5. The highest BCUT2D eigenvalue weighted by Gasteiger charge is 2.38. The number of aryl methyl sites for hydroxylation is 1. The van der Waals surface area contributed by atoms with E-state index in [1.807, 2.05) is 6.07 Å². The van der Waals surface area contributed by atoms with Crippen molar-refractivity contribution in [3.05, 3.63) is 29.8 Å². The molecule has 0 amide bonds. The van der Waals surface area contributed by atoms with Gasteiger partial charge in [0, 0.05) is 24.6 Å². The number of nitrogens with zero attached hydrogens (tertiary/aromatic N) is 2. The van der Waals surface area contributed by atoms with Crippen LogP contribution in [0.1, 0.15) is 38.9 Å². The SMILES string of the molecule is CCCn1c(C2(CC)CCNC2)nc2cc(F)ccc21. The number of halogens is 1. The summed E-state index contributed by atoms with van der Waals surface area (Å²) in [6, 6.07) is 4.95. The molecule has 0 bridgehead atoms. The summed E-state index contributed by atoms with van der Waals surface area (Å²) in [5, 5.41) is 3.46. The minimum atomic E-state index is -0.208. The van der Waals surface area contributed by atoms with Gasteiger partial charge in [-0.3, -0.25) is 0 Å². The first kappa shape index (κ1) is 13.6. The maximum atomic E-state index is 13.5. The Morgan fingerprint density at radius 1 is 1.40 bits per heavy atom. The van der Waals surface area contributed by atoms with Crippen LogP contribution in [-0.4, -0.2) is 22.6 Å². The van der Waals surface area contributed by atoms with E-state index in [0.29, 0.717) is 0 Å². The topological polar surface area (TPSA) is 29.9 Å². The molecule has 1 saturated heterocycles. The first-order valence-electron chi connectivity index (χ1n) is 7.57. The minimum Gasteiger partial charge on any atom is -0.327 e. The average molecular weight is 275 g/mol. The van der Waals surface area contributed by atoms with Gasteiger partial charge in [-0.05, 0) is 37.9 Å². The molecule has 1 aromatic heterocycles. The van der Waals surface area contributed by atoms with E-state index in [2.05, 4.69) is 23.7 Å². The third-order valence-corrected chi connectivity index (χ3v) is 4.55. The van der Waals surface area contributed by atoms with Gasteiger partial charge in [0.25, 0.3) is 0 Å². The van der Waals surface area contributed by atoms with E-state index in [1.54, 1.807) is 6.07 Å². The molecule has 0 aliphatic carbocycles. The lowest BCUT2D eigenvalue weighted by molar-refractivity contribution is 0.405. The molecule has 2 aromatic rings. The van der Waals surface area contributed by atoms with Crippen molar-refractivity contribution >= 4 is 11.0 Å². The second-order valence-corrected chi connectivity index (χ2v) is 5.78. The number of nitrogens with one attached hydrogen (secondary N) is 1. The average Bonchev–Trinajstić information content (AvgIpc) is 3.05. The lowest BCUT2D eigenvalue weighted by Crippen LogP contribution is -2.32. The van der Waals surface area contributed by atoms with Crippen molar-refractivity contribution in [2.24, 2.45) is 0 Å². The smallest absolute Gasteiger partial charge is 0.125 e. The zero-order valence-corrected chi connectivity index (χ0v) is 12.2. The van der Waals surface area contributed by atoms with Gasteiger partial charge < -0.3 is 9.88 Å². The lowest BCUT2D eigenvalue weighted by atomic mass is 9.83. The summed E-state index contributed by atoms with van der Waals surface area (Å²) in [6.45, 7) is 7.35. The van der Waals surface area contributed by atoms with Crippen LogP contribution in [0.2, 0.25) is 0 Å². The molecule has 1 unspecified atom stereocenters. The van der Waals surface area contributed by atoms with Crippen molar-refractivity contribution < 1.29 is 4.39 Å². The third-order valence-electron chi connectivity index (χ3n) is 4.55. The Hall–Kier alpha value is -1.42. The number of fused-ring (bicyclic) bond motifs is 1. The molecule has 1 fully saturated rings. The molecule has 0 saturated carbocycles. The summed E-state index contributed by atoms with van der Waals surface area (Å²) in [6.07, 6.45) is 3.23. The first-order valence-corrected chi connectivity index (χ1v) is 7.57. The first-order chi connectivity index (χ1) is 9.70. The predicted octanol–water partition coefficient (Wildman–Crippen LogP) is 3.23. The van der Waals surface area contributed by atoms with E-state index in [0.717, 1.165) is 55.8 Å². The third kappa shape index (κ3) is 2.03. The fraction of sp³-hybridized carbons (Fsp3) is 0.562. The van der Waals surface area contributed by atoms with Gasteiger partial charge in [-0.15, -0.1) is 0 Å². The van der Waals surface area contributed by atoms with Crippen molar-refractivity contribution in [1.82, 2.24) is 14.9 Å². The van der Waals surface area contributed by atoms with Crippen LogP contribution in [0.5, 0.6) is 0 Å². The molecule has 20 heavy (non-hydrogen) atoms. The van der Waals surface area contributed by atoms with Crippen LogP contribution in [0.25, 0.3) is 11.0 Å². The number of imidazole rings is 1. The Morgan fingerprint density at radius 3 is 2.90 bits per heavy atom. The van der Waals surface area contributed by atoms with Crippen molar-refractivity contribution in [2.45, 2.75) is 45.1 Å². The Kier molecular flexibility index (Phi) is 3.50. The van der Waals surface area contributed by atoms with Crippen LogP contribution < -0.4 is 5.32 Å². The van der Waals surface area contributed by atoms with Gasteiger partial charge in [0.1, 0.15) is 11.6 Å². The van der Waals surface area contributed by atoms with E-state index in [9.17, 15) is 4.39 Å². The van der Waals surface area contributed by atoms with Crippen molar-refractivity contribution in [2.75, 3.05) is 13.1 Å². The van der Waals surface area contributed by atoms with Crippen LogP contribution in [0, 0.1) is 5.82 Å². The molecule has 3 rings (SSSR count). The molecule has 108 valence electrons. The number of hydrogen-bond acceptors (Lipinski definition) is 2. The second-order valence-electron chi connectivity index (χ2n) is 5.78. The molecular formula is C16H22FN3. The molecule has 0 spiro atoms. The van der Waals surface area contributed by atoms with E-state index in [-0.39, 0.29) is 11.2 Å². The number of hydrogen-bond donors (Lipinski definition) is 1. The summed E-state index contributed by atoms with van der Waals surface area (Å²) in [7, 11) is 0. The lowest BCUT2D eigenvalue weighted by Gasteiger charge is -2.27. The van der Waals surface area contributed by atoms with Gasteiger partial charge in [-0.2, -0.15) is 0 Å². The van der Waals surface area contributed by atoms with Crippen molar-refractivity contribution in [3.8, 4) is 0 Å². The number of rotatable bonds is 4. The highest BCUT2D eigenvalue weighted by molar-refractivity contribution is 5.76. The van der Waals surface area contributed by atoms with E-state index >= 15 is 0 Å². The monoisotopic (exact) mass is 275 g/mol. The summed E-state index contributed by atoms with van der Waals surface area (Å²) in [5.74, 6) is 0.924. The van der Waals surface area contributed by atoms with Crippen molar-refractivity contribution in [1.29, 1.82) is 0 Å². The van der Waals surface area contributed by atoms with Crippen LogP contribution in [0.4, 0.5) is 4.39 Å². The largest absolute Gasteiger partial charge is 0.327 e. The summed E-state index contributed by atoms with van der Waals surface area (Å²) >= 11 is 0. The van der Waals surface area contributed by atoms with E-state index in [4.69, 9.17) is 4.98 Å². The standard InChI is InChI=1S/C16H22FN3/c1-3-9-20-14-6-5-12(17)10-13(14)19-15(20)16(4-2)7-8-18-11-16/h5-6,10,18H,3-4,7-9,11H2,1-2H3. The highest BCUT2D eigenvalue weighted by atomic mass is 19.1. The second kappa shape index (κ2) is 5.17. The van der Waals surface area contributed by atoms with Crippen LogP contribution in [-0.2, 0) is 12.0 Å². The van der Waals surface area contributed by atoms with Crippen LogP contribution >= 0.6 is 0 Å². The Morgan fingerprint density at radius 2 is 2.25 bits per heavy atom. The molecular weight excluding hydrogens is 253 g/mol. The molecule has 0 radical (unpaired) electrons. The zero-order valence-electron chi connectivity index (χ0n) is 12.2. The van der Waals surface area contributed by atoms with Gasteiger partial charge >= 0.3 is 0 Å². The molecule has 4 heteroatoms. The molecule has 1 aliphatic rings. The van der Waals surface area contributed by atoms with Gasteiger partial charge in [0.2, 0.25) is 0 Å². The summed E-state index contributed by atoms with van der Waals surface area (Å²) < 4.78 is 15.8. The van der Waals surface area contributed by atoms with Crippen LogP contribution in [0.3, 0.4) is 0 Å². The molecule has 2 heterocycles. The van der Waals surface area contributed by atoms with Gasteiger partial charge in [0.05, 0.1) is 11.0 Å². The highest BCUT2D eigenvalue weighted by Crippen LogP contribution is 2.35. The summed E-state index contributed by atoms with van der Waals surface area (Å²) in [4.78, 5) is 4.80. The van der Waals surface area contributed by atoms with Gasteiger partial charge in [-0.1, -0.05) is 13.8 Å². The Bertz CT molecular complexity index is 611. The predicted molar refractivity (Wildman–Crippen MR) is 79.4 cm³/mol. The Balaban J connectivity index is 2.20. The number of aromatic nitrogens is 2. The fourth-order valence-corrected chi connectivity index (χ4v) is 3.35. The van der Waals surface area contributed by atoms with Gasteiger partial charge in [0.15, 0.2) is 0 Å². The quantitative estimate of drug-likeness (QED) is 0.928. The molecule has 1 N–H and O–H groups in total. The molecule has 1 aromatic carbocycles. The molecule has 3 nitrogen and oxygen atoms in total. The number of benzene rings is 1. The Labute approximate surface area is 119 Å². The maximum Gasteiger partial charge on any atom is 0.125 e. The van der Waals surface area contributed by atoms with Crippen molar-refractivity contribution in [3.63, 3.8) is 0 Å². The summed E-state index contributed by atoms with van der Waals surface area (Å²) in [5.41, 5.74) is 1.95. The minimum absolute atomic E-state index is 0.102. The molecule has 1 atom stereocenters.